The van der Waals surface area contributed by atoms with Crippen LogP contribution in [-0.4, -0.2) is 47.1 Å². The van der Waals surface area contributed by atoms with E-state index in [1.54, 1.807) is 19.4 Å². The van der Waals surface area contributed by atoms with Gasteiger partial charge in [0.1, 0.15) is 12.0 Å². The maximum atomic E-state index is 12.6. The predicted molar refractivity (Wildman–Crippen MR) is 91.7 cm³/mol. The average Bonchev–Trinajstić information content (AvgIpc) is 2.62. The molecule has 3 rings (SSSR count). The molecule has 2 atom stereocenters. The number of methoxy groups -OCH3 is 1. The minimum atomic E-state index is -0.0267. The van der Waals surface area contributed by atoms with Gasteiger partial charge in [-0.3, -0.25) is 4.79 Å². The van der Waals surface area contributed by atoms with Crippen LogP contribution in [0.25, 0.3) is 0 Å². The van der Waals surface area contributed by atoms with E-state index in [1.165, 1.54) is 17.5 Å². The number of aromatic nitrogens is 2. The Morgan fingerprint density at radius 3 is 2.96 bits per heavy atom. The van der Waals surface area contributed by atoms with Crippen molar-refractivity contribution < 1.29 is 9.53 Å². The van der Waals surface area contributed by atoms with Gasteiger partial charge >= 0.3 is 0 Å². The van der Waals surface area contributed by atoms with Crippen LogP contribution in [0.5, 0.6) is 0 Å². The molecule has 5 heteroatoms. The fourth-order valence-electron chi connectivity index (χ4n) is 3.42. The molecule has 2 aromatic rings. The molecule has 1 aliphatic rings. The van der Waals surface area contributed by atoms with Crippen LogP contribution in [0.15, 0.2) is 42.9 Å². The van der Waals surface area contributed by atoms with Crippen LogP contribution in [0.4, 0.5) is 0 Å². The number of hydrogen-bond donors (Lipinski definition) is 0. The van der Waals surface area contributed by atoms with Crippen LogP contribution in [-0.2, 0) is 11.2 Å². The third-order valence-corrected chi connectivity index (χ3v) is 4.64. The number of likely N-dealkylation sites (tertiary alicyclic amines) is 1. The molecule has 0 radical (unpaired) electrons. The monoisotopic (exact) mass is 325 g/mol. The average molecular weight is 325 g/mol. The molecular weight excluding hydrogens is 302 g/mol. The van der Waals surface area contributed by atoms with Crippen LogP contribution in [0.1, 0.15) is 28.0 Å². The summed E-state index contributed by atoms with van der Waals surface area (Å²) in [6, 6.07) is 10.2. The van der Waals surface area contributed by atoms with Gasteiger partial charge < -0.3 is 9.64 Å². The normalized spacial score (nSPS) is 20.8. The van der Waals surface area contributed by atoms with E-state index in [0.717, 1.165) is 12.8 Å². The summed E-state index contributed by atoms with van der Waals surface area (Å²) in [5, 5.41) is 0. The molecule has 2 heterocycles. The van der Waals surface area contributed by atoms with Crippen molar-refractivity contribution in [2.45, 2.75) is 25.9 Å². The van der Waals surface area contributed by atoms with Gasteiger partial charge in [0.25, 0.3) is 5.91 Å². The molecule has 1 aromatic heterocycles. The van der Waals surface area contributed by atoms with Crippen LogP contribution in [0.3, 0.4) is 0 Å². The predicted octanol–water partition coefficient (Wildman–Crippen LogP) is 2.50. The molecule has 0 bridgehead atoms. The lowest BCUT2D eigenvalue weighted by Crippen LogP contribution is -2.47. The second kappa shape index (κ2) is 7.53. The highest BCUT2D eigenvalue weighted by Crippen LogP contribution is 2.25. The number of hydrogen-bond acceptors (Lipinski definition) is 4. The largest absolute Gasteiger partial charge is 0.381 e. The fourth-order valence-corrected chi connectivity index (χ4v) is 3.42. The second-order valence-corrected chi connectivity index (χ2v) is 6.36. The molecular formula is C19H23N3O2. The molecule has 1 fully saturated rings. The van der Waals surface area contributed by atoms with Crippen molar-refractivity contribution in [1.29, 1.82) is 0 Å². The number of piperidine rings is 1. The van der Waals surface area contributed by atoms with Gasteiger partial charge in [0.05, 0.1) is 6.10 Å². The molecule has 0 spiro atoms. The maximum Gasteiger partial charge on any atom is 0.272 e. The van der Waals surface area contributed by atoms with Gasteiger partial charge in [-0.1, -0.05) is 29.8 Å². The molecule has 1 amide bonds. The minimum Gasteiger partial charge on any atom is -0.381 e. The summed E-state index contributed by atoms with van der Waals surface area (Å²) < 4.78 is 5.68. The number of benzene rings is 1. The Hall–Kier alpha value is -2.27. The van der Waals surface area contributed by atoms with E-state index in [9.17, 15) is 4.79 Å². The van der Waals surface area contributed by atoms with Gasteiger partial charge in [-0.05, 0) is 31.4 Å². The topological polar surface area (TPSA) is 55.3 Å². The van der Waals surface area contributed by atoms with Crippen LogP contribution in [0, 0.1) is 12.8 Å². The molecule has 1 saturated heterocycles. The Kier molecular flexibility index (Phi) is 5.20. The number of amides is 1. The van der Waals surface area contributed by atoms with Crippen molar-refractivity contribution in [2.24, 2.45) is 5.92 Å². The van der Waals surface area contributed by atoms with Gasteiger partial charge in [0.15, 0.2) is 0 Å². The smallest absolute Gasteiger partial charge is 0.272 e. The Morgan fingerprint density at radius 1 is 1.38 bits per heavy atom. The summed E-state index contributed by atoms with van der Waals surface area (Å²) in [5.74, 6) is 0.262. The summed E-state index contributed by atoms with van der Waals surface area (Å²) >= 11 is 0. The van der Waals surface area contributed by atoms with Crippen molar-refractivity contribution >= 4 is 5.91 Å². The summed E-state index contributed by atoms with van der Waals surface area (Å²) in [6.07, 6.45) is 4.96. The van der Waals surface area contributed by atoms with Crippen molar-refractivity contribution in [3.63, 3.8) is 0 Å². The highest BCUT2D eigenvalue weighted by Gasteiger charge is 2.32. The summed E-state index contributed by atoms with van der Waals surface area (Å²) in [4.78, 5) is 22.5. The molecule has 0 N–H and O–H groups in total. The summed E-state index contributed by atoms with van der Waals surface area (Å²) in [5.41, 5.74) is 3.00. The van der Waals surface area contributed by atoms with E-state index in [0.29, 0.717) is 18.8 Å². The van der Waals surface area contributed by atoms with Crippen molar-refractivity contribution in [3.05, 3.63) is 59.7 Å². The highest BCUT2D eigenvalue weighted by atomic mass is 16.5. The third kappa shape index (κ3) is 3.79. The van der Waals surface area contributed by atoms with Crippen molar-refractivity contribution in [3.8, 4) is 0 Å². The zero-order valence-electron chi connectivity index (χ0n) is 14.2. The Labute approximate surface area is 142 Å². The Balaban J connectivity index is 1.73. The zero-order valence-corrected chi connectivity index (χ0v) is 14.2. The van der Waals surface area contributed by atoms with Crippen molar-refractivity contribution in [1.82, 2.24) is 14.9 Å². The number of ether oxygens (including phenoxy) is 1. The molecule has 0 saturated carbocycles. The third-order valence-electron chi connectivity index (χ3n) is 4.64. The Bertz CT molecular complexity index is 690. The first-order valence-corrected chi connectivity index (χ1v) is 8.31. The fraction of sp³-hybridized carbons (Fsp3) is 0.421. The molecule has 126 valence electrons. The van der Waals surface area contributed by atoms with Crippen LogP contribution in [0.2, 0.25) is 0 Å². The van der Waals surface area contributed by atoms with Gasteiger partial charge in [-0.2, -0.15) is 0 Å². The molecule has 0 unspecified atom stereocenters. The molecule has 0 aliphatic carbocycles. The SMILES string of the molecule is CO[C@@H]1CCN(C(=O)c2ccncn2)C[C@@H]1Cc1cccc(C)c1. The summed E-state index contributed by atoms with van der Waals surface area (Å²) in [6.45, 7) is 3.49. The second-order valence-electron chi connectivity index (χ2n) is 6.36. The number of nitrogens with zero attached hydrogens (tertiary/aromatic N) is 3. The number of rotatable bonds is 4. The highest BCUT2D eigenvalue weighted by molar-refractivity contribution is 5.92. The van der Waals surface area contributed by atoms with E-state index in [2.05, 4.69) is 41.2 Å². The van der Waals surface area contributed by atoms with E-state index in [-0.39, 0.29) is 17.9 Å². The number of carbonyl (C=O) groups excluding carboxylic acids is 1. The van der Waals surface area contributed by atoms with E-state index in [4.69, 9.17) is 4.74 Å². The molecule has 1 aromatic carbocycles. The maximum absolute atomic E-state index is 12.6. The van der Waals surface area contributed by atoms with E-state index in [1.807, 2.05) is 4.90 Å². The van der Waals surface area contributed by atoms with Crippen LogP contribution < -0.4 is 0 Å². The zero-order chi connectivity index (χ0) is 16.9. The minimum absolute atomic E-state index is 0.0267. The first kappa shape index (κ1) is 16.6. The van der Waals surface area contributed by atoms with E-state index < -0.39 is 0 Å². The van der Waals surface area contributed by atoms with Gasteiger partial charge in [-0.25, -0.2) is 9.97 Å². The quantitative estimate of drug-likeness (QED) is 0.867. The first-order chi connectivity index (χ1) is 11.7. The van der Waals surface area contributed by atoms with Gasteiger partial charge in [-0.15, -0.1) is 0 Å². The summed E-state index contributed by atoms with van der Waals surface area (Å²) in [7, 11) is 1.76. The van der Waals surface area contributed by atoms with E-state index >= 15 is 0 Å². The lowest BCUT2D eigenvalue weighted by Gasteiger charge is -2.38. The van der Waals surface area contributed by atoms with Crippen LogP contribution >= 0.6 is 0 Å². The van der Waals surface area contributed by atoms with Gasteiger partial charge in [0, 0.05) is 32.3 Å². The van der Waals surface area contributed by atoms with Gasteiger partial charge in [0.2, 0.25) is 0 Å². The van der Waals surface area contributed by atoms with Crippen molar-refractivity contribution in [2.75, 3.05) is 20.2 Å². The number of carbonyl (C=O) groups is 1. The Morgan fingerprint density at radius 2 is 2.25 bits per heavy atom. The first-order valence-electron chi connectivity index (χ1n) is 8.31. The lowest BCUT2D eigenvalue weighted by atomic mass is 9.88. The molecule has 24 heavy (non-hydrogen) atoms. The standard InChI is InChI=1S/C19H23N3O2/c1-14-4-3-5-15(10-14)11-16-12-22(9-7-18(16)24-2)19(23)17-6-8-20-13-21-17/h3-6,8,10,13,16,18H,7,9,11-12H2,1-2H3/t16-,18+/m0/s1. The number of aryl methyl sites for hydroxylation is 1. The molecule has 5 nitrogen and oxygen atoms in total. The molecule has 1 aliphatic heterocycles. The lowest BCUT2D eigenvalue weighted by molar-refractivity contribution is -0.00318.